The summed E-state index contributed by atoms with van der Waals surface area (Å²) in [4.78, 5) is 2.63. The minimum atomic E-state index is 0.291. The van der Waals surface area contributed by atoms with Gasteiger partial charge in [0.1, 0.15) is 0 Å². The molecule has 1 fully saturated rings. The zero-order valence-electron chi connectivity index (χ0n) is 12.6. The normalized spacial score (nSPS) is 20.5. The van der Waals surface area contributed by atoms with Crippen LogP contribution in [0.15, 0.2) is 4.42 Å². The Kier molecular flexibility index (Phi) is 5.79. The van der Waals surface area contributed by atoms with Gasteiger partial charge in [0.25, 0.3) is 0 Å². The lowest BCUT2D eigenvalue weighted by Gasteiger charge is -2.36. The second-order valence-electron chi connectivity index (χ2n) is 5.96. The lowest BCUT2D eigenvalue weighted by Crippen LogP contribution is -2.42. The van der Waals surface area contributed by atoms with Gasteiger partial charge in [-0.1, -0.05) is 25.4 Å². The number of hydrogen-bond donors (Lipinski definition) is 2. The van der Waals surface area contributed by atoms with Gasteiger partial charge in [-0.2, -0.15) is 0 Å². The molecule has 6 nitrogen and oxygen atoms in total. The van der Waals surface area contributed by atoms with Crippen molar-refractivity contribution in [3.05, 3.63) is 5.89 Å². The Hall–Kier alpha value is -1.14. The number of anilines is 1. The Morgan fingerprint density at radius 1 is 1.40 bits per heavy atom. The van der Waals surface area contributed by atoms with Crippen LogP contribution in [0.3, 0.4) is 0 Å². The van der Waals surface area contributed by atoms with E-state index in [0.717, 1.165) is 18.9 Å². The minimum Gasteiger partial charge on any atom is -0.407 e. The van der Waals surface area contributed by atoms with Crippen LogP contribution in [0, 0.1) is 5.92 Å². The number of hydrogen-bond acceptors (Lipinski definition) is 6. The first-order chi connectivity index (χ1) is 9.69. The maximum atomic E-state index is 5.44. The highest BCUT2D eigenvalue weighted by molar-refractivity contribution is 5.16. The summed E-state index contributed by atoms with van der Waals surface area (Å²) in [5.74, 6) is 1.21. The van der Waals surface area contributed by atoms with Crippen LogP contribution in [0.2, 0.25) is 0 Å². The number of rotatable bonds is 7. The van der Waals surface area contributed by atoms with Gasteiger partial charge in [-0.25, -0.2) is 0 Å². The van der Waals surface area contributed by atoms with Crippen molar-refractivity contribution in [1.82, 2.24) is 15.1 Å². The molecule has 0 radical (unpaired) electrons. The molecule has 2 rings (SSSR count). The summed E-state index contributed by atoms with van der Waals surface area (Å²) in [6.45, 7) is 8.17. The molecular formula is C14H27N5O. The number of piperidine rings is 1. The first kappa shape index (κ1) is 15.3. The molecule has 2 heterocycles. The third-order valence-corrected chi connectivity index (χ3v) is 3.74. The van der Waals surface area contributed by atoms with Gasteiger partial charge >= 0.3 is 6.01 Å². The summed E-state index contributed by atoms with van der Waals surface area (Å²) in [5.41, 5.74) is 5.44. The second-order valence-corrected chi connectivity index (χ2v) is 5.96. The first-order valence-corrected chi connectivity index (χ1v) is 7.69. The van der Waals surface area contributed by atoms with Gasteiger partial charge in [-0.3, -0.25) is 0 Å². The maximum Gasteiger partial charge on any atom is 0.315 e. The van der Waals surface area contributed by atoms with E-state index >= 15 is 0 Å². The monoisotopic (exact) mass is 281 g/mol. The number of nitrogens with one attached hydrogen (secondary N) is 1. The Morgan fingerprint density at radius 3 is 2.95 bits per heavy atom. The van der Waals surface area contributed by atoms with Crippen molar-refractivity contribution in [2.45, 2.75) is 52.1 Å². The molecule has 1 saturated heterocycles. The van der Waals surface area contributed by atoms with E-state index in [0.29, 0.717) is 24.5 Å². The molecule has 6 heteroatoms. The van der Waals surface area contributed by atoms with E-state index in [1.807, 2.05) is 0 Å². The fourth-order valence-corrected chi connectivity index (χ4v) is 2.85. The molecule has 3 N–H and O–H groups in total. The van der Waals surface area contributed by atoms with Gasteiger partial charge < -0.3 is 20.4 Å². The molecule has 1 aliphatic rings. The predicted molar refractivity (Wildman–Crippen MR) is 79.3 cm³/mol. The molecule has 0 bridgehead atoms. The van der Waals surface area contributed by atoms with Crippen LogP contribution in [0.25, 0.3) is 0 Å². The summed E-state index contributed by atoms with van der Waals surface area (Å²) >= 11 is 0. The standard InChI is InChI=1S/C14H27N5O/c1-11(2)10-19-8-4-3-5-12(19)6-7-16-14-18-17-13(9-15)20-14/h11-12H,3-10,15H2,1-2H3,(H,16,18). The highest BCUT2D eigenvalue weighted by atomic mass is 16.4. The zero-order valence-corrected chi connectivity index (χ0v) is 12.6. The predicted octanol–water partition coefficient (Wildman–Crippen LogP) is 1.84. The molecule has 1 unspecified atom stereocenters. The molecular weight excluding hydrogens is 254 g/mol. The van der Waals surface area contributed by atoms with Crippen LogP contribution >= 0.6 is 0 Å². The smallest absolute Gasteiger partial charge is 0.315 e. The van der Waals surface area contributed by atoms with Crippen molar-refractivity contribution in [1.29, 1.82) is 0 Å². The van der Waals surface area contributed by atoms with Crippen molar-refractivity contribution in [3.63, 3.8) is 0 Å². The second kappa shape index (κ2) is 7.59. The molecule has 0 amide bonds. The lowest BCUT2D eigenvalue weighted by atomic mass is 9.98. The van der Waals surface area contributed by atoms with Crippen LogP contribution in [-0.4, -0.2) is 40.8 Å². The molecule has 20 heavy (non-hydrogen) atoms. The number of nitrogens with zero attached hydrogens (tertiary/aromatic N) is 3. The van der Waals surface area contributed by atoms with Gasteiger partial charge in [-0.05, 0) is 31.7 Å². The molecule has 1 aromatic rings. The molecule has 0 spiro atoms. The van der Waals surface area contributed by atoms with Gasteiger partial charge in [0.05, 0.1) is 6.54 Å². The molecule has 1 aromatic heterocycles. The summed E-state index contributed by atoms with van der Waals surface area (Å²) in [6.07, 6.45) is 5.09. The van der Waals surface area contributed by atoms with E-state index in [1.54, 1.807) is 0 Å². The summed E-state index contributed by atoms with van der Waals surface area (Å²) in [5, 5.41) is 11.0. The summed E-state index contributed by atoms with van der Waals surface area (Å²) in [6, 6.07) is 1.16. The Bertz CT molecular complexity index is 393. The molecule has 1 aliphatic heterocycles. The van der Waals surface area contributed by atoms with E-state index in [4.69, 9.17) is 10.2 Å². The van der Waals surface area contributed by atoms with Gasteiger partial charge in [0, 0.05) is 19.1 Å². The minimum absolute atomic E-state index is 0.291. The molecule has 0 aliphatic carbocycles. The largest absolute Gasteiger partial charge is 0.407 e. The number of aromatic nitrogens is 2. The highest BCUT2D eigenvalue weighted by Crippen LogP contribution is 2.21. The number of nitrogens with two attached hydrogens (primary N) is 1. The number of likely N-dealkylation sites (tertiary alicyclic amines) is 1. The average molecular weight is 281 g/mol. The molecule has 114 valence electrons. The van der Waals surface area contributed by atoms with E-state index in [-0.39, 0.29) is 0 Å². The third-order valence-electron chi connectivity index (χ3n) is 3.74. The third kappa shape index (κ3) is 4.45. The fourth-order valence-electron chi connectivity index (χ4n) is 2.85. The van der Waals surface area contributed by atoms with Crippen molar-refractivity contribution < 1.29 is 4.42 Å². The lowest BCUT2D eigenvalue weighted by molar-refractivity contribution is 0.127. The van der Waals surface area contributed by atoms with Crippen molar-refractivity contribution in [3.8, 4) is 0 Å². The van der Waals surface area contributed by atoms with Crippen molar-refractivity contribution >= 4 is 6.01 Å². The summed E-state index contributed by atoms with van der Waals surface area (Å²) < 4.78 is 5.34. The molecule has 1 atom stereocenters. The van der Waals surface area contributed by atoms with Crippen LogP contribution in [0.1, 0.15) is 45.4 Å². The van der Waals surface area contributed by atoms with E-state index in [9.17, 15) is 0 Å². The first-order valence-electron chi connectivity index (χ1n) is 7.69. The van der Waals surface area contributed by atoms with Crippen LogP contribution in [0.4, 0.5) is 6.01 Å². The molecule has 0 saturated carbocycles. The maximum absolute atomic E-state index is 5.44. The van der Waals surface area contributed by atoms with E-state index in [1.165, 1.54) is 32.4 Å². The zero-order chi connectivity index (χ0) is 14.4. The van der Waals surface area contributed by atoms with Crippen molar-refractivity contribution in [2.75, 3.05) is 25.0 Å². The van der Waals surface area contributed by atoms with E-state index < -0.39 is 0 Å². The van der Waals surface area contributed by atoms with Crippen molar-refractivity contribution in [2.24, 2.45) is 11.7 Å². The Morgan fingerprint density at radius 2 is 2.25 bits per heavy atom. The average Bonchev–Trinajstić information content (AvgIpc) is 2.88. The SMILES string of the molecule is CC(C)CN1CCCCC1CCNc1nnc(CN)o1. The summed E-state index contributed by atoms with van der Waals surface area (Å²) in [7, 11) is 0. The van der Waals surface area contributed by atoms with Gasteiger partial charge in [0.15, 0.2) is 0 Å². The van der Waals surface area contributed by atoms with E-state index in [2.05, 4.69) is 34.3 Å². The van der Waals surface area contributed by atoms with Gasteiger partial charge in [-0.15, -0.1) is 5.10 Å². The Labute approximate surface area is 121 Å². The van der Waals surface area contributed by atoms with Crippen LogP contribution < -0.4 is 11.1 Å². The fraction of sp³-hybridized carbons (Fsp3) is 0.857. The topological polar surface area (TPSA) is 80.2 Å². The molecule has 0 aromatic carbocycles. The van der Waals surface area contributed by atoms with Crippen LogP contribution in [0.5, 0.6) is 0 Å². The van der Waals surface area contributed by atoms with Crippen LogP contribution in [-0.2, 0) is 6.54 Å². The van der Waals surface area contributed by atoms with Gasteiger partial charge in [0.2, 0.25) is 5.89 Å². The quantitative estimate of drug-likeness (QED) is 0.794. The highest BCUT2D eigenvalue weighted by Gasteiger charge is 2.22. The Balaban J connectivity index is 1.76.